The van der Waals surface area contributed by atoms with Crippen molar-refractivity contribution < 1.29 is 4.79 Å². The first-order chi connectivity index (χ1) is 14.0. The molecule has 2 aromatic heterocycles. The second kappa shape index (κ2) is 8.21. The Morgan fingerprint density at radius 2 is 2.00 bits per heavy atom. The first-order valence-corrected chi connectivity index (χ1v) is 10.0. The monoisotopic (exact) mass is 410 g/mol. The largest absolute Gasteiger partial charge is 0.322 e. The van der Waals surface area contributed by atoms with Gasteiger partial charge in [-0.25, -0.2) is 4.79 Å². The zero-order valence-electron chi connectivity index (χ0n) is 16.5. The van der Waals surface area contributed by atoms with E-state index in [-0.39, 0.29) is 12.1 Å². The molecule has 1 aromatic carbocycles. The van der Waals surface area contributed by atoms with Crippen LogP contribution in [0.25, 0.3) is 0 Å². The van der Waals surface area contributed by atoms with Crippen molar-refractivity contribution in [2.75, 3.05) is 11.9 Å². The van der Waals surface area contributed by atoms with Crippen LogP contribution in [-0.2, 0) is 6.54 Å². The molecule has 3 heterocycles. The van der Waals surface area contributed by atoms with E-state index in [1.54, 1.807) is 6.20 Å². The van der Waals surface area contributed by atoms with Crippen LogP contribution in [0.2, 0.25) is 5.02 Å². The van der Waals surface area contributed by atoms with Gasteiger partial charge in [0.1, 0.15) is 5.82 Å². The van der Waals surface area contributed by atoms with Crippen LogP contribution in [0.4, 0.5) is 10.5 Å². The molecule has 3 aromatic rings. The highest BCUT2D eigenvalue weighted by molar-refractivity contribution is 6.30. The molecular formula is C21H23ClN6O. The third-order valence-electron chi connectivity index (χ3n) is 5.28. The van der Waals surface area contributed by atoms with Gasteiger partial charge in [0.05, 0.1) is 24.0 Å². The topological polar surface area (TPSA) is 75.9 Å². The number of halogens is 1. The van der Waals surface area contributed by atoms with Crippen LogP contribution in [0, 0.1) is 13.8 Å². The van der Waals surface area contributed by atoms with E-state index in [9.17, 15) is 4.79 Å². The van der Waals surface area contributed by atoms with Gasteiger partial charge in [-0.2, -0.15) is 0 Å². The molecule has 1 N–H and O–H groups in total. The molecule has 4 rings (SSSR count). The molecule has 1 saturated heterocycles. The predicted octanol–water partition coefficient (Wildman–Crippen LogP) is 4.36. The average Bonchev–Trinajstić information content (AvgIpc) is 3.32. The van der Waals surface area contributed by atoms with Gasteiger partial charge in [0, 0.05) is 17.8 Å². The summed E-state index contributed by atoms with van der Waals surface area (Å²) < 4.78 is 2.08. The molecule has 1 atom stereocenters. The lowest BCUT2D eigenvalue weighted by Crippen LogP contribution is -2.35. The highest BCUT2D eigenvalue weighted by Gasteiger charge is 2.34. The van der Waals surface area contributed by atoms with Gasteiger partial charge in [0.15, 0.2) is 5.82 Å². The smallest absolute Gasteiger partial charge is 0.314 e. The third-order valence-corrected chi connectivity index (χ3v) is 5.53. The number of aromatic nitrogens is 4. The summed E-state index contributed by atoms with van der Waals surface area (Å²) in [6, 6.07) is 11.2. The Kier molecular flexibility index (Phi) is 5.49. The number of benzene rings is 1. The van der Waals surface area contributed by atoms with Gasteiger partial charge in [-0.3, -0.25) is 4.98 Å². The van der Waals surface area contributed by atoms with Crippen LogP contribution in [0.5, 0.6) is 0 Å². The summed E-state index contributed by atoms with van der Waals surface area (Å²) in [6.45, 7) is 5.13. The Hall–Kier alpha value is -2.93. The highest BCUT2D eigenvalue weighted by Crippen LogP contribution is 2.32. The minimum absolute atomic E-state index is 0.111. The number of urea groups is 1. The SMILES string of the molecule is Cc1ncccc1NC(=O)N1CCC[C@@H]1c1nnc(C)n1Cc1ccc(Cl)cc1. The van der Waals surface area contributed by atoms with E-state index in [1.807, 2.05) is 55.1 Å². The first-order valence-electron chi connectivity index (χ1n) is 9.66. The number of hydrogen-bond acceptors (Lipinski definition) is 4. The summed E-state index contributed by atoms with van der Waals surface area (Å²) in [5, 5.41) is 12.4. The Morgan fingerprint density at radius 3 is 2.76 bits per heavy atom. The minimum atomic E-state index is -0.137. The van der Waals surface area contributed by atoms with Crippen LogP contribution < -0.4 is 5.32 Å². The third kappa shape index (κ3) is 4.10. The number of likely N-dealkylation sites (tertiary alicyclic amines) is 1. The molecule has 0 spiro atoms. The summed E-state index contributed by atoms with van der Waals surface area (Å²) in [5.74, 6) is 1.64. The number of anilines is 1. The van der Waals surface area contributed by atoms with Crippen LogP contribution in [-0.4, -0.2) is 37.2 Å². The fraction of sp³-hybridized carbons (Fsp3) is 0.333. The number of rotatable bonds is 4. The van der Waals surface area contributed by atoms with Crippen molar-refractivity contribution in [3.63, 3.8) is 0 Å². The van der Waals surface area contributed by atoms with E-state index in [2.05, 4.69) is 25.1 Å². The maximum Gasteiger partial charge on any atom is 0.322 e. The van der Waals surface area contributed by atoms with Gasteiger partial charge in [0.25, 0.3) is 0 Å². The predicted molar refractivity (Wildman–Crippen MR) is 112 cm³/mol. The average molecular weight is 411 g/mol. The summed E-state index contributed by atoms with van der Waals surface area (Å²) in [7, 11) is 0. The fourth-order valence-electron chi connectivity index (χ4n) is 3.69. The number of aryl methyl sites for hydroxylation is 2. The van der Waals surface area contributed by atoms with E-state index in [4.69, 9.17) is 11.6 Å². The summed E-state index contributed by atoms with van der Waals surface area (Å²) in [5.41, 5.74) is 2.62. The number of nitrogens with zero attached hydrogens (tertiary/aromatic N) is 5. The van der Waals surface area contributed by atoms with Gasteiger partial charge in [0.2, 0.25) is 0 Å². The van der Waals surface area contributed by atoms with E-state index in [0.717, 1.165) is 41.4 Å². The number of carbonyl (C=O) groups is 1. The molecule has 1 aliphatic heterocycles. The van der Waals surface area contributed by atoms with E-state index in [0.29, 0.717) is 18.1 Å². The van der Waals surface area contributed by atoms with E-state index in [1.165, 1.54) is 0 Å². The van der Waals surface area contributed by atoms with E-state index >= 15 is 0 Å². The minimum Gasteiger partial charge on any atom is -0.314 e. The van der Waals surface area contributed by atoms with Crippen molar-refractivity contribution in [3.05, 3.63) is 70.5 Å². The Balaban J connectivity index is 1.57. The zero-order valence-corrected chi connectivity index (χ0v) is 17.2. The molecule has 1 fully saturated rings. The number of pyridine rings is 1. The first kappa shape index (κ1) is 19.4. The zero-order chi connectivity index (χ0) is 20.4. The molecule has 0 aliphatic carbocycles. The molecule has 29 heavy (non-hydrogen) atoms. The fourth-order valence-corrected chi connectivity index (χ4v) is 3.82. The number of nitrogens with one attached hydrogen (secondary N) is 1. The van der Waals surface area contributed by atoms with Crippen molar-refractivity contribution in [3.8, 4) is 0 Å². The van der Waals surface area contributed by atoms with Crippen LogP contribution in [0.3, 0.4) is 0 Å². The van der Waals surface area contributed by atoms with Gasteiger partial charge < -0.3 is 14.8 Å². The van der Waals surface area contributed by atoms with E-state index < -0.39 is 0 Å². The van der Waals surface area contributed by atoms with Crippen LogP contribution in [0.15, 0.2) is 42.6 Å². The Bertz CT molecular complexity index is 1020. The molecule has 2 amide bonds. The van der Waals surface area contributed by atoms with Gasteiger partial charge >= 0.3 is 6.03 Å². The molecule has 1 aliphatic rings. The van der Waals surface area contributed by atoms with Crippen LogP contribution >= 0.6 is 11.6 Å². The van der Waals surface area contributed by atoms with Gasteiger partial charge in [-0.1, -0.05) is 23.7 Å². The summed E-state index contributed by atoms with van der Waals surface area (Å²) in [6.07, 6.45) is 3.50. The maximum atomic E-state index is 13.0. The maximum absolute atomic E-state index is 13.0. The quantitative estimate of drug-likeness (QED) is 0.693. The second-order valence-electron chi connectivity index (χ2n) is 7.24. The molecule has 0 saturated carbocycles. The molecule has 7 nitrogen and oxygen atoms in total. The van der Waals surface area contributed by atoms with Crippen molar-refractivity contribution in [2.24, 2.45) is 0 Å². The number of hydrogen-bond donors (Lipinski definition) is 1. The molecular weight excluding hydrogens is 388 g/mol. The van der Waals surface area contributed by atoms with Crippen molar-refractivity contribution in [1.82, 2.24) is 24.6 Å². The molecule has 8 heteroatoms. The standard InChI is InChI=1S/C21H23ClN6O/c1-14-18(5-3-11-23-14)24-21(29)27-12-4-6-19(27)20-26-25-15(2)28(20)13-16-7-9-17(22)10-8-16/h3,5,7-11,19H,4,6,12-13H2,1-2H3,(H,24,29)/t19-/m1/s1. The lowest BCUT2D eigenvalue weighted by atomic mass is 10.2. The molecule has 0 bridgehead atoms. The van der Waals surface area contributed by atoms with Crippen molar-refractivity contribution in [2.45, 2.75) is 39.3 Å². The normalized spacial score (nSPS) is 16.2. The summed E-state index contributed by atoms with van der Waals surface area (Å²) in [4.78, 5) is 19.1. The van der Waals surface area contributed by atoms with Crippen molar-refractivity contribution in [1.29, 1.82) is 0 Å². The van der Waals surface area contributed by atoms with Crippen LogP contribution in [0.1, 0.15) is 41.8 Å². The number of amides is 2. The summed E-state index contributed by atoms with van der Waals surface area (Å²) >= 11 is 6.00. The molecule has 150 valence electrons. The second-order valence-corrected chi connectivity index (χ2v) is 7.67. The van der Waals surface area contributed by atoms with Crippen molar-refractivity contribution >= 4 is 23.3 Å². The molecule has 0 radical (unpaired) electrons. The number of carbonyl (C=O) groups excluding carboxylic acids is 1. The Labute approximate surface area is 174 Å². The highest BCUT2D eigenvalue weighted by atomic mass is 35.5. The lowest BCUT2D eigenvalue weighted by molar-refractivity contribution is 0.203. The lowest BCUT2D eigenvalue weighted by Gasteiger charge is -2.25. The molecule has 0 unspecified atom stereocenters. The Morgan fingerprint density at radius 1 is 1.21 bits per heavy atom. The van der Waals surface area contributed by atoms with Gasteiger partial charge in [-0.15, -0.1) is 10.2 Å². The van der Waals surface area contributed by atoms with Gasteiger partial charge in [-0.05, 0) is 56.5 Å².